The van der Waals surface area contributed by atoms with E-state index in [1.54, 1.807) is 44.2 Å². The molecule has 0 radical (unpaired) electrons. The third-order valence-corrected chi connectivity index (χ3v) is 5.98. The van der Waals surface area contributed by atoms with Crippen LogP contribution in [-0.4, -0.2) is 26.8 Å². The largest absolute Gasteiger partial charge is 0.326 e. The maximum Gasteiger partial charge on any atom is 0.255 e. The zero-order chi connectivity index (χ0) is 20.3. The van der Waals surface area contributed by atoms with Crippen LogP contribution in [0.15, 0.2) is 47.4 Å². The molecule has 0 aliphatic heterocycles. The van der Waals surface area contributed by atoms with Gasteiger partial charge in [-0.05, 0) is 55.7 Å². The van der Waals surface area contributed by atoms with Gasteiger partial charge in [0.05, 0.1) is 4.90 Å². The van der Waals surface area contributed by atoms with E-state index >= 15 is 0 Å². The summed E-state index contributed by atoms with van der Waals surface area (Å²) in [7, 11) is -3.66. The summed E-state index contributed by atoms with van der Waals surface area (Å²) in [6, 6.07) is 11.3. The summed E-state index contributed by atoms with van der Waals surface area (Å²) in [6.45, 7) is 3.69. The summed E-state index contributed by atoms with van der Waals surface area (Å²) >= 11 is 0. The van der Waals surface area contributed by atoms with Crippen molar-refractivity contribution in [3.8, 4) is 0 Å². The number of nitrogens with one attached hydrogen (secondary N) is 3. The van der Waals surface area contributed by atoms with Crippen molar-refractivity contribution in [1.82, 2.24) is 4.72 Å². The lowest BCUT2D eigenvalue weighted by Gasteiger charge is -2.12. The third kappa shape index (κ3) is 4.76. The van der Waals surface area contributed by atoms with Crippen LogP contribution in [0.1, 0.15) is 35.7 Å². The predicted octanol–water partition coefficient (Wildman–Crippen LogP) is 2.89. The number of sulfonamides is 1. The number of hydrogen-bond donors (Lipinski definition) is 3. The molecule has 2 aromatic rings. The quantitative estimate of drug-likeness (QED) is 0.663. The van der Waals surface area contributed by atoms with Gasteiger partial charge in [0.2, 0.25) is 15.9 Å². The van der Waals surface area contributed by atoms with Crippen molar-refractivity contribution in [2.24, 2.45) is 5.92 Å². The Labute approximate surface area is 164 Å². The maximum atomic E-state index is 12.7. The fourth-order valence-corrected chi connectivity index (χ4v) is 3.82. The van der Waals surface area contributed by atoms with Gasteiger partial charge in [-0.15, -0.1) is 0 Å². The van der Waals surface area contributed by atoms with E-state index in [9.17, 15) is 18.0 Å². The van der Waals surface area contributed by atoms with Crippen LogP contribution >= 0.6 is 0 Å². The summed E-state index contributed by atoms with van der Waals surface area (Å²) in [5, 5.41) is 5.60. The van der Waals surface area contributed by atoms with E-state index in [4.69, 9.17) is 0 Å². The van der Waals surface area contributed by atoms with Gasteiger partial charge >= 0.3 is 0 Å². The average molecular weight is 401 g/mol. The van der Waals surface area contributed by atoms with Crippen LogP contribution < -0.4 is 15.4 Å². The highest BCUT2D eigenvalue weighted by Crippen LogP contribution is 2.30. The number of aryl methyl sites for hydroxylation is 1. The monoisotopic (exact) mass is 401 g/mol. The van der Waals surface area contributed by atoms with Crippen molar-refractivity contribution in [3.63, 3.8) is 0 Å². The van der Waals surface area contributed by atoms with E-state index in [0.29, 0.717) is 16.9 Å². The van der Waals surface area contributed by atoms with Crippen molar-refractivity contribution in [1.29, 1.82) is 0 Å². The minimum Gasteiger partial charge on any atom is -0.326 e. The number of rotatable bonds is 7. The Morgan fingerprint density at radius 2 is 1.71 bits per heavy atom. The topological polar surface area (TPSA) is 104 Å². The highest BCUT2D eigenvalue weighted by molar-refractivity contribution is 7.89. The van der Waals surface area contributed by atoms with E-state index in [2.05, 4.69) is 15.4 Å². The minimum atomic E-state index is -3.66. The van der Waals surface area contributed by atoms with Crippen LogP contribution in [0.5, 0.6) is 0 Å². The Balaban J connectivity index is 1.78. The van der Waals surface area contributed by atoms with Gasteiger partial charge < -0.3 is 10.6 Å². The number of benzene rings is 2. The third-order valence-electron chi connectivity index (χ3n) is 4.43. The Hall–Kier alpha value is -2.71. The van der Waals surface area contributed by atoms with E-state index in [1.807, 2.05) is 0 Å². The summed E-state index contributed by atoms with van der Waals surface area (Å²) in [6.07, 6.45) is 1.82. The molecule has 2 aromatic carbocycles. The van der Waals surface area contributed by atoms with Crippen molar-refractivity contribution in [2.45, 2.75) is 31.6 Å². The van der Waals surface area contributed by atoms with Gasteiger partial charge in [0, 0.05) is 29.4 Å². The normalized spacial score (nSPS) is 13.8. The molecule has 1 aliphatic carbocycles. The Morgan fingerprint density at radius 3 is 2.36 bits per heavy atom. The van der Waals surface area contributed by atoms with Crippen LogP contribution in [0.2, 0.25) is 0 Å². The lowest BCUT2D eigenvalue weighted by atomic mass is 10.1. The zero-order valence-corrected chi connectivity index (χ0v) is 16.6. The molecule has 0 heterocycles. The second kappa shape index (κ2) is 8.12. The highest BCUT2D eigenvalue weighted by Gasteiger charge is 2.29. The summed E-state index contributed by atoms with van der Waals surface area (Å²) < 4.78 is 26.8. The molecule has 1 aliphatic rings. The average Bonchev–Trinajstić information content (AvgIpc) is 3.47. The molecule has 1 saturated carbocycles. The predicted molar refractivity (Wildman–Crippen MR) is 108 cm³/mol. The molecule has 1 fully saturated rings. The van der Waals surface area contributed by atoms with Crippen LogP contribution in [-0.2, 0) is 14.8 Å². The van der Waals surface area contributed by atoms with Crippen molar-refractivity contribution < 1.29 is 18.0 Å². The van der Waals surface area contributed by atoms with Gasteiger partial charge in [0.1, 0.15) is 0 Å². The molecule has 0 saturated heterocycles. The molecule has 0 unspecified atom stereocenters. The lowest BCUT2D eigenvalue weighted by molar-refractivity contribution is -0.117. The van der Waals surface area contributed by atoms with Gasteiger partial charge in [0.25, 0.3) is 5.91 Å². The van der Waals surface area contributed by atoms with Gasteiger partial charge in [0.15, 0.2) is 0 Å². The molecule has 0 aromatic heterocycles. The van der Waals surface area contributed by atoms with Crippen LogP contribution in [0, 0.1) is 12.8 Å². The second-order valence-corrected chi connectivity index (χ2v) is 8.54. The lowest BCUT2D eigenvalue weighted by Crippen LogP contribution is -2.24. The van der Waals surface area contributed by atoms with Gasteiger partial charge in [-0.3, -0.25) is 9.59 Å². The molecule has 148 valence electrons. The molecule has 3 N–H and O–H groups in total. The van der Waals surface area contributed by atoms with Gasteiger partial charge in [-0.1, -0.05) is 19.1 Å². The van der Waals surface area contributed by atoms with Crippen molar-refractivity contribution >= 4 is 33.2 Å². The van der Waals surface area contributed by atoms with Crippen molar-refractivity contribution in [2.75, 3.05) is 17.2 Å². The summed E-state index contributed by atoms with van der Waals surface area (Å²) in [4.78, 5) is 24.6. The van der Waals surface area contributed by atoms with E-state index in [0.717, 1.165) is 12.8 Å². The summed E-state index contributed by atoms with van der Waals surface area (Å²) in [5.41, 5.74) is 2.05. The Kier molecular flexibility index (Phi) is 5.81. The van der Waals surface area contributed by atoms with E-state index < -0.39 is 15.9 Å². The molecule has 0 spiro atoms. The molecular formula is C20H23N3O4S. The first-order chi connectivity index (χ1) is 13.3. The Morgan fingerprint density at radius 1 is 1.04 bits per heavy atom. The molecule has 0 atom stereocenters. The minimum absolute atomic E-state index is 0.0133. The number of hydrogen-bond acceptors (Lipinski definition) is 4. The van der Waals surface area contributed by atoms with Crippen molar-refractivity contribution in [3.05, 3.63) is 53.6 Å². The van der Waals surface area contributed by atoms with E-state index in [-0.39, 0.29) is 28.8 Å². The number of carbonyl (C=O) groups is 2. The van der Waals surface area contributed by atoms with E-state index in [1.165, 1.54) is 12.1 Å². The molecule has 2 amide bonds. The fourth-order valence-electron chi connectivity index (χ4n) is 2.75. The standard InChI is InChI=1S/C20H23N3O4S/c1-3-21-28(26,27)17-10-7-13(2)18(12-17)20(25)23-16-6-4-5-15(11-16)22-19(24)14-8-9-14/h4-7,10-12,14,21H,3,8-9H2,1-2H3,(H,22,24)(H,23,25). The fraction of sp³-hybridized carbons (Fsp3) is 0.300. The summed E-state index contributed by atoms with van der Waals surface area (Å²) in [5.74, 6) is -0.348. The maximum absolute atomic E-state index is 12.7. The number of carbonyl (C=O) groups excluding carboxylic acids is 2. The smallest absolute Gasteiger partial charge is 0.255 e. The molecule has 0 bridgehead atoms. The number of anilines is 2. The molecular weight excluding hydrogens is 378 g/mol. The first-order valence-corrected chi connectivity index (χ1v) is 10.6. The van der Waals surface area contributed by atoms with Crippen LogP contribution in [0.4, 0.5) is 11.4 Å². The second-order valence-electron chi connectivity index (χ2n) is 6.78. The number of amides is 2. The van der Waals surface area contributed by atoms with Gasteiger partial charge in [-0.25, -0.2) is 13.1 Å². The molecule has 8 heteroatoms. The first-order valence-electron chi connectivity index (χ1n) is 9.13. The molecule has 7 nitrogen and oxygen atoms in total. The first kappa shape index (κ1) is 20.0. The van der Waals surface area contributed by atoms with Gasteiger partial charge in [-0.2, -0.15) is 0 Å². The van der Waals surface area contributed by atoms with Crippen LogP contribution in [0.3, 0.4) is 0 Å². The Bertz CT molecular complexity index is 1010. The van der Waals surface area contributed by atoms with Crippen LogP contribution in [0.25, 0.3) is 0 Å². The zero-order valence-electron chi connectivity index (χ0n) is 15.8. The molecule has 28 heavy (non-hydrogen) atoms. The molecule has 3 rings (SSSR count). The SMILES string of the molecule is CCNS(=O)(=O)c1ccc(C)c(C(=O)Nc2cccc(NC(=O)C3CC3)c2)c1. The highest BCUT2D eigenvalue weighted by atomic mass is 32.2.